The molecule has 0 radical (unpaired) electrons. The Morgan fingerprint density at radius 2 is 2.29 bits per heavy atom. The minimum atomic E-state index is -0.438. The molecule has 7 nitrogen and oxygen atoms in total. The smallest absolute Gasteiger partial charge is 0.227 e. The zero-order chi connectivity index (χ0) is 15.0. The molecule has 1 aromatic carbocycles. The molecule has 2 heterocycles. The number of hydrogen-bond acceptors (Lipinski definition) is 4. The van der Waals surface area contributed by atoms with Gasteiger partial charge in [0, 0.05) is 24.2 Å². The summed E-state index contributed by atoms with van der Waals surface area (Å²) in [7, 11) is 0. The number of hydrogen-bond donors (Lipinski definition) is 2. The molecule has 1 unspecified atom stereocenters. The van der Waals surface area contributed by atoms with Gasteiger partial charge in [0.05, 0.1) is 5.92 Å². The second-order valence-electron chi connectivity index (χ2n) is 5.10. The number of aromatic nitrogens is 3. The highest BCUT2D eigenvalue weighted by Crippen LogP contribution is 2.28. The Kier molecular flexibility index (Phi) is 3.17. The van der Waals surface area contributed by atoms with Crippen molar-refractivity contribution in [3.63, 3.8) is 0 Å². The largest absolute Gasteiger partial charge is 0.369 e. The first-order valence-electron chi connectivity index (χ1n) is 6.63. The highest BCUT2D eigenvalue weighted by molar-refractivity contribution is 6.00. The van der Waals surface area contributed by atoms with Crippen molar-refractivity contribution in [3.05, 3.63) is 30.1 Å². The van der Waals surface area contributed by atoms with Gasteiger partial charge in [-0.3, -0.25) is 14.7 Å². The third-order valence-electron chi connectivity index (χ3n) is 3.54. The van der Waals surface area contributed by atoms with Crippen LogP contribution in [0.4, 0.5) is 5.69 Å². The molecular weight excluding hydrogens is 270 g/mol. The third-order valence-corrected chi connectivity index (χ3v) is 3.54. The zero-order valence-corrected chi connectivity index (χ0v) is 11.5. The normalized spacial score (nSPS) is 18.2. The summed E-state index contributed by atoms with van der Waals surface area (Å²) in [5.41, 5.74) is 6.82. The predicted octanol–water partition coefficient (Wildman–Crippen LogP) is 0.618. The van der Waals surface area contributed by atoms with Gasteiger partial charge in [0.25, 0.3) is 0 Å². The first-order valence-corrected chi connectivity index (χ1v) is 6.63. The van der Waals surface area contributed by atoms with Crippen LogP contribution < -0.4 is 10.6 Å². The number of anilines is 1. The van der Waals surface area contributed by atoms with E-state index in [0.29, 0.717) is 12.4 Å². The third kappa shape index (κ3) is 2.49. The number of H-pyrrole nitrogens is 1. The van der Waals surface area contributed by atoms with E-state index in [2.05, 4.69) is 15.2 Å². The van der Waals surface area contributed by atoms with Crippen LogP contribution in [0.5, 0.6) is 0 Å². The molecule has 21 heavy (non-hydrogen) atoms. The molecule has 2 amide bonds. The average molecular weight is 285 g/mol. The van der Waals surface area contributed by atoms with Gasteiger partial charge < -0.3 is 10.6 Å². The van der Waals surface area contributed by atoms with Crippen molar-refractivity contribution in [2.45, 2.75) is 13.3 Å². The highest BCUT2D eigenvalue weighted by Gasteiger charge is 2.33. The van der Waals surface area contributed by atoms with E-state index in [9.17, 15) is 9.59 Å². The zero-order valence-electron chi connectivity index (χ0n) is 11.5. The minimum Gasteiger partial charge on any atom is -0.369 e. The lowest BCUT2D eigenvalue weighted by molar-refractivity contribution is -0.123. The van der Waals surface area contributed by atoms with Crippen LogP contribution in [-0.4, -0.2) is 33.5 Å². The van der Waals surface area contributed by atoms with Gasteiger partial charge in [-0.15, -0.1) is 0 Å². The van der Waals surface area contributed by atoms with Crippen LogP contribution in [0.2, 0.25) is 0 Å². The van der Waals surface area contributed by atoms with Gasteiger partial charge in [-0.2, -0.15) is 5.10 Å². The number of carbonyl (C=O) groups is 2. The molecule has 7 heteroatoms. The molecule has 2 aromatic rings. The molecule has 0 saturated carbocycles. The maximum Gasteiger partial charge on any atom is 0.227 e. The Bertz CT molecular complexity index is 709. The standard InChI is InChI=1S/C14H15N5O2/c1-8-16-14(18-17-8)9-3-2-4-11(5-9)19-7-10(13(15)21)6-12(19)20/h2-5,10H,6-7H2,1H3,(H2,15,21)(H,16,17,18). The molecular formula is C14H15N5O2. The molecule has 3 rings (SSSR count). The summed E-state index contributed by atoms with van der Waals surface area (Å²) < 4.78 is 0. The number of carbonyl (C=O) groups excluding carboxylic acids is 2. The molecule has 1 saturated heterocycles. The summed E-state index contributed by atoms with van der Waals surface area (Å²) in [6.07, 6.45) is 0.166. The average Bonchev–Trinajstić information content (AvgIpc) is 3.05. The lowest BCUT2D eigenvalue weighted by Crippen LogP contribution is -2.28. The number of amides is 2. The molecule has 1 aliphatic heterocycles. The highest BCUT2D eigenvalue weighted by atomic mass is 16.2. The first-order chi connectivity index (χ1) is 10.0. The second kappa shape index (κ2) is 5.01. The Labute approximate surface area is 121 Å². The van der Waals surface area contributed by atoms with Gasteiger partial charge in [-0.05, 0) is 19.1 Å². The maximum atomic E-state index is 12.0. The van der Waals surface area contributed by atoms with E-state index in [1.165, 1.54) is 0 Å². The molecule has 0 bridgehead atoms. The van der Waals surface area contributed by atoms with E-state index in [1.807, 2.05) is 31.2 Å². The lowest BCUT2D eigenvalue weighted by atomic mass is 10.1. The van der Waals surface area contributed by atoms with E-state index in [0.717, 1.165) is 17.1 Å². The summed E-state index contributed by atoms with van der Waals surface area (Å²) in [5.74, 6) is 0.342. The molecule has 0 aliphatic carbocycles. The minimum absolute atomic E-state index is 0.0953. The maximum absolute atomic E-state index is 12.0. The van der Waals surface area contributed by atoms with Crippen LogP contribution in [0.3, 0.4) is 0 Å². The summed E-state index contributed by atoms with van der Waals surface area (Å²) in [4.78, 5) is 29.1. The summed E-state index contributed by atoms with van der Waals surface area (Å²) >= 11 is 0. The topological polar surface area (TPSA) is 105 Å². The predicted molar refractivity (Wildman–Crippen MR) is 76.2 cm³/mol. The fourth-order valence-electron chi connectivity index (χ4n) is 2.43. The molecule has 108 valence electrons. The van der Waals surface area contributed by atoms with Crippen LogP contribution in [0.15, 0.2) is 24.3 Å². The number of rotatable bonds is 3. The van der Waals surface area contributed by atoms with Crippen molar-refractivity contribution in [2.75, 3.05) is 11.4 Å². The van der Waals surface area contributed by atoms with E-state index in [1.54, 1.807) is 4.90 Å². The van der Waals surface area contributed by atoms with Crippen LogP contribution in [-0.2, 0) is 9.59 Å². The van der Waals surface area contributed by atoms with E-state index >= 15 is 0 Å². The number of nitrogens with zero attached hydrogens (tertiary/aromatic N) is 3. The van der Waals surface area contributed by atoms with Crippen LogP contribution in [0.25, 0.3) is 11.4 Å². The Morgan fingerprint density at radius 3 is 2.90 bits per heavy atom. The molecule has 1 fully saturated rings. The summed E-state index contributed by atoms with van der Waals surface area (Å²) in [6.45, 7) is 2.15. The molecule has 0 spiro atoms. The van der Waals surface area contributed by atoms with Crippen molar-refractivity contribution in [1.82, 2.24) is 15.2 Å². The quantitative estimate of drug-likeness (QED) is 0.862. The van der Waals surface area contributed by atoms with Gasteiger partial charge in [0.15, 0.2) is 5.82 Å². The number of nitrogens with one attached hydrogen (secondary N) is 1. The SMILES string of the molecule is Cc1nc(-c2cccc(N3CC(C(N)=O)CC3=O)c2)n[nH]1. The summed E-state index contributed by atoms with van der Waals surface area (Å²) in [6, 6.07) is 7.37. The van der Waals surface area contributed by atoms with Gasteiger partial charge in [0.1, 0.15) is 5.82 Å². The van der Waals surface area contributed by atoms with E-state index < -0.39 is 11.8 Å². The summed E-state index contributed by atoms with van der Waals surface area (Å²) in [5, 5.41) is 6.89. The number of aryl methyl sites for hydroxylation is 1. The van der Waals surface area contributed by atoms with Crippen LogP contribution >= 0.6 is 0 Å². The molecule has 1 aromatic heterocycles. The second-order valence-corrected chi connectivity index (χ2v) is 5.10. The van der Waals surface area contributed by atoms with Crippen LogP contribution in [0.1, 0.15) is 12.2 Å². The number of primary amides is 1. The van der Waals surface area contributed by atoms with Crippen molar-refractivity contribution in [1.29, 1.82) is 0 Å². The monoisotopic (exact) mass is 285 g/mol. The van der Waals surface area contributed by atoms with Crippen LogP contribution in [0, 0.1) is 12.8 Å². The fraction of sp³-hybridized carbons (Fsp3) is 0.286. The van der Waals surface area contributed by atoms with Gasteiger partial charge in [-0.1, -0.05) is 12.1 Å². The van der Waals surface area contributed by atoms with Gasteiger partial charge in [0.2, 0.25) is 11.8 Å². The van der Waals surface area contributed by atoms with Crippen molar-refractivity contribution >= 4 is 17.5 Å². The van der Waals surface area contributed by atoms with Crippen molar-refractivity contribution in [2.24, 2.45) is 11.7 Å². The number of benzene rings is 1. The van der Waals surface area contributed by atoms with Crippen molar-refractivity contribution < 1.29 is 9.59 Å². The number of nitrogens with two attached hydrogens (primary N) is 1. The molecule has 1 aliphatic rings. The Morgan fingerprint density at radius 1 is 1.48 bits per heavy atom. The van der Waals surface area contributed by atoms with Crippen molar-refractivity contribution in [3.8, 4) is 11.4 Å². The Balaban J connectivity index is 1.90. The number of aromatic amines is 1. The molecule has 3 N–H and O–H groups in total. The Hall–Kier alpha value is -2.70. The molecule has 1 atom stereocenters. The van der Waals surface area contributed by atoms with E-state index in [-0.39, 0.29) is 12.3 Å². The first kappa shape index (κ1) is 13.3. The van der Waals surface area contributed by atoms with Gasteiger partial charge >= 0.3 is 0 Å². The fourth-order valence-corrected chi connectivity index (χ4v) is 2.43. The van der Waals surface area contributed by atoms with Gasteiger partial charge in [-0.25, -0.2) is 4.98 Å². The van der Waals surface area contributed by atoms with E-state index in [4.69, 9.17) is 5.73 Å². The lowest BCUT2D eigenvalue weighted by Gasteiger charge is -2.16.